The van der Waals surface area contributed by atoms with Gasteiger partial charge in [0.25, 0.3) is 0 Å². The molecule has 2 heteroatoms. The van der Waals surface area contributed by atoms with Crippen molar-refractivity contribution in [1.29, 1.82) is 5.26 Å². The molecule has 1 unspecified atom stereocenters. The molecule has 0 saturated heterocycles. The average molecular weight is 128 g/mol. The molecule has 0 heterocycles. The van der Waals surface area contributed by atoms with E-state index in [1.54, 1.807) is 5.80 Å². The van der Waals surface area contributed by atoms with Crippen molar-refractivity contribution in [3.63, 3.8) is 0 Å². The summed E-state index contributed by atoms with van der Waals surface area (Å²) >= 11 is 0. The van der Waals surface area contributed by atoms with Gasteiger partial charge in [-0.1, -0.05) is 13.3 Å². The third-order valence-electron chi connectivity index (χ3n) is 0.841. The van der Waals surface area contributed by atoms with Gasteiger partial charge in [0, 0.05) is 0 Å². The Morgan fingerprint density at radius 2 is 2.50 bits per heavy atom. The van der Waals surface area contributed by atoms with Gasteiger partial charge >= 0.3 is 0 Å². The smallest absolute Gasteiger partial charge is 0.182 e. The Morgan fingerprint density at radius 3 is 3.00 bits per heavy atom. The van der Waals surface area contributed by atoms with E-state index >= 15 is 0 Å². The first kappa shape index (κ1) is 7.66. The third kappa shape index (κ3) is 5.66. The summed E-state index contributed by atoms with van der Waals surface area (Å²) in [6.45, 7) is 2.16. The van der Waals surface area contributed by atoms with E-state index < -0.39 is 0 Å². The highest BCUT2D eigenvalue weighted by atomic mass is 31.1. The van der Waals surface area contributed by atoms with E-state index in [1.807, 2.05) is 6.07 Å². The van der Waals surface area contributed by atoms with Gasteiger partial charge in [-0.15, -0.1) is 0 Å². The number of rotatable bonds is 3. The molecule has 1 atom stereocenters. The predicted octanol–water partition coefficient (Wildman–Crippen LogP) is 1.79. The zero-order valence-electron chi connectivity index (χ0n) is 5.15. The largest absolute Gasteiger partial charge is 0.189 e. The quantitative estimate of drug-likeness (QED) is 0.420. The SMILES string of the molecule is CCCC[PH+]=CC#N. The van der Waals surface area contributed by atoms with Crippen LogP contribution in [0.4, 0.5) is 0 Å². The summed E-state index contributed by atoms with van der Waals surface area (Å²) < 4.78 is 0. The van der Waals surface area contributed by atoms with Crippen molar-refractivity contribution in [1.82, 2.24) is 0 Å². The van der Waals surface area contributed by atoms with Gasteiger partial charge < -0.3 is 0 Å². The average Bonchev–Trinajstić information content (AvgIpc) is 1.81. The molecule has 0 N–H and O–H groups in total. The standard InChI is InChI=1S/C6H10NP/c1-2-3-5-8-6-4-7/h6H,2-3,5H2,1H3/p+1. The van der Waals surface area contributed by atoms with E-state index in [0.29, 0.717) is 0 Å². The number of unbranched alkanes of at least 4 members (excludes halogenated alkanes) is 1. The number of hydrogen-bond acceptors (Lipinski definition) is 1. The first-order valence-electron chi connectivity index (χ1n) is 2.86. The highest BCUT2D eigenvalue weighted by molar-refractivity contribution is 7.39. The van der Waals surface area contributed by atoms with Crippen molar-refractivity contribution in [2.75, 3.05) is 6.16 Å². The first-order chi connectivity index (χ1) is 3.91. The Morgan fingerprint density at radius 1 is 1.75 bits per heavy atom. The molecular weight excluding hydrogens is 117 g/mol. The zero-order valence-corrected chi connectivity index (χ0v) is 6.15. The molecular formula is C6H11NP+. The van der Waals surface area contributed by atoms with E-state index in [0.717, 1.165) is 8.20 Å². The molecule has 0 spiro atoms. The van der Waals surface area contributed by atoms with E-state index in [1.165, 1.54) is 19.0 Å². The van der Waals surface area contributed by atoms with Crippen molar-refractivity contribution >= 4 is 14.0 Å². The van der Waals surface area contributed by atoms with Gasteiger partial charge in [-0.25, -0.2) is 0 Å². The second-order valence-electron chi connectivity index (χ2n) is 1.58. The Labute approximate surface area is 52.1 Å². The molecule has 0 aliphatic carbocycles. The van der Waals surface area contributed by atoms with Gasteiger partial charge in [0.1, 0.15) is 12.2 Å². The molecule has 0 aromatic carbocycles. The van der Waals surface area contributed by atoms with Gasteiger partial charge in [-0.3, -0.25) is 0 Å². The van der Waals surface area contributed by atoms with Crippen LogP contribution in [0.2, 0.25) is 0 Å². The normalized spacial score (nSPS) is 9.50. The molecule has 0 saturated carbocycles. The lowest BCUT2D eigenvalue weighted by molar-refractivity contribution is 0.896. The number of nitrogens with zero attached hydrogens (tertiary/aromatic N) is 1. The van der Waals surface area contributed by atoms with E-state index in [-0.39, 0.29) is 0 Å². The highest BCUT2D eigenvalue weighted by Gasteiger charge is 1.83. The lowest BCUT2D eigenvalue weighted by atomic mass is 10.4. The fraction of sp³-hybridized carbons (Fsp3) is 0.667. The molecule has 0 fully saturated rings. The van der Waals surface area contributed by atoms with Crippen molar-refractivity contribution in [2.45, 2.75) is 19.8 Å². The van der Waals surface area contributed by atoms with E-state index in [4.69, 9.17) is 5.26 Å². The molecule has 8 heavy (non-hydrogen) atoms. The summed E-state index contributed by atoms with van der Waals surface area (Å²) in [5.41, 5.74) is 0. The summed E-state index contributed by atoms with van der Waals surface area (Å²) in [6.07, 6.45) is 3.70. The molecule has 0 amide bonds. The van der Waals surface area contributed by atoms with Crippen LogP contribution >= 0.6 is 8.20 Å². The Balaban J connectivity index is 2.94. The Bertz CT molecular complexity index is 102. The molecule has 44 valence electrons. The fourth-order valence-electron chi connectivity index (χ4n) is 0.397. The molecule has 0 aliphatic heterocycles. The minimum atomic E-state index is 0.753. The van der Waals surface area contributed by atoms with Crippen LogP contribution in [0, 0.1) is 11.3 Å². The van der Waals surface area contributed by atoms with E-state index in [9.17, 15) is 0 Å². The maximum Gasteiger partial charge on any atom is 0.182 e. The van der Waals surface area contributed by atoms with Gasteiger partial charge in [-0.2, -0.15) is 5.26 Å². The topological polar surface area (TPSA) is 23.8 Å². The van der Waals surface area contributed by atoms with Crippen LogP contribution in [0.15, 0.2) is 0 Å². The van der Waals surface area contributed by atoms with E-state index in [2.05, 4.69) is 6.92 Å². The van der Waals surface area contributed by atoms with Gasteiger partial charge in [0.2, 0.25) is 0 Å². The number of nitriles is 1. The van der Waals surface area contributed by atoms with Crippen LogP contribution in [0.25, 0.3) is 0 Å². The molecule has 0 radical (unpaired) electrons. The molecule has 1 nitrogen and oxygen atoms in total. The second-order valence-corrected chi connectivity index (χ2v) is 2.78. The lowest BCUT2D eigenvalue weighted by Gasteiger charge is -1.76. The van der Waals surface area contributed by atoms with Crippen LogP contribution in [-0.4, -0.2) is 12.0 Å². The predicted molar refractivity (Wildman–Crippen MR) is 39.8 cm³/mol. The molecule has 0 rings (SSSR count). The summed E-state index contributed by atoms with van der Waals surface area (Å²) in [7, 11) is 0.753. The van der Waals surface area contributed by atoms with Crippen molar-refractivity contribution in [3.05, 3.63) is 0 Å². The van der Waals surface area contributed by atoms with Crippen molar-refractivity contribution < 1.29 is 0 Å². The van der Waals surface area contributed by atoms with Gasteiger partial charge in [0.15, 0.2) is 5.80 Å². The maximum absolute atomic E-state index is 8.07. The van der Waals surface area contributed by atoms with Crippen molar-refractivity contribution in [2.24, 2.45) is 0 Å². The number of hydrogen-bond donors (Lipinski definition) is 0. The minimum Gasteiger partial charge on any atom is -0.189 e. The second kappa shape index (κ2) is 6.66. The monoisotopic (exact) mass is 128 g/mol. The van der Waals surface area contributed by atoms with Crippen molar-refractivity contribution in [3.8, 4) is 6.07 Å². The van der Waals surface area contributed by atoms with Gasteiger partial charge in [0.05, 0.1) is 8.20 Å². The zero-order chi connectivity index (χ0) is 6.24. The summed E-state index contributed by atoms with van der Waals surface area (Å²) in [5.74, 6) is 1.69. The summed E-state index contributed by atoms with van der Waals surface area (Å²) in [5, 5.41) is 8.07. The highest BCUT2D eigenvalue weighted by Crippen LogP contribution is 1.98. The van der Waals surface area contributed by atoms with Crippen LogP contribution in [0.5, 0.6) is 0 Å². The van der Waals surface area contributed by atoms with Crippen LogP contribution in [0.3, 0.4) is 0 Å². The van der Waals surface area contributed by atoms with Crippen LogP contribution < -0.4 is 0 Å². The maximum atomic E-state index is 8.07. The fourth-order valence-corrected chi connectivity index (χ4v) is 1.19. The third-order valence-corrected chi connectivity index (χ3v) is 1.82. The molecule has 0 bridgehead atoms. The first-order valence-corrected chi connectivity index (χ1v) is 4.15. The van der Waals surface area contributed by atoms with Gasteiger partial charge in [-0.05, 0) is 6.42 Å². The Hall–Kier alpha value is -0.340. The summed E-state index contributed by atoms with van der Waals surface area (Å²) in [6, 6.07) is 2.01. The summed E-state index contributed by atoms with van der Waals surface area (Å²) in [4.78, 5) is 0. The molecule has 0 aliphatic rings. The molecule has 0 aromatic heterocycles. The van der Waals surface area contributed by atoms with Crippen LogP contribution in [-0.2, 0) is 0 Å². The molecule has 0 aromatic rings. The minimum absolute atomic E-state index is 0.753. The van der Waals surface area contributed by atoms with Crippen LogP contribution in [0.1, 0.15) is 19.8 Å². The lowest BCUT2D eigenvalue weighted by Crippen LogP contribution is -1.69. The Kier molecular flexibility index (Phi) is 6.38.